The Bertz CT molecular complexity index is 977. The van der Waals surface area contributed by atoms with Gasteiger partial charge in [0.25, 0.3) is 0 Å². The van der Waals surface area contributed by atoms with Gasteiger partial charge >= 0.3 is 5.97 Å². The maximum atomic E-state index is 12.1. The molecule has 0 spiro atoms. The lowest BCUT2D eigenvalue weighted by Gasteiger charge is -2.09. The van der Waals surface area contributed by atoms with Crippen molar-refractivity contribution in [3.05, 3.63) is 75.1 Å². The summed E-state index contributed by atoms with van der Waals surface area (Å²) in [4.78, 5) is 24.1. The average molecular weight is 359 g/mol. The molecule has 0 radical (unpaired) electrons. The summed E-state index contributed by atoms with van der Waals surface area (Å²) in [5.41, 5.74) is 0.917. The van der Waals surface area contributed by atoms with E-state index >= 15 is 0 Å². The molecule has 0 saturated carbocycles. The zero-order chi connectivity index (χ0) is 17.8. The maximum absolute atomic E-state index is 12.1. The molecule has 128 valence electrons. The molecule has 0 aliphatic carbocycles. The van der Waals surface area contributed by atoms with Gasteiger partial charge in [0.05, 0.1) is 5.39 Å². The second-order valence-electron chi connectivity index (χ2n) is 5.37. The van der Waals surface area contributed by atoms with Crippen LogP contribution in [0.15, 0.2) is 57.7 Å². The molecule has 25 heavy (non-hydrogen) atoms. The van der Waals surface area contributed by atoms with Gasteiger partial charge in [-0.25, -0.2) is 4.79 Å². The number of aryl methyl sites for hydroxylation is 1. The average Bonchev–Trinajstić information content (AvgIpc) is 2.60. The molecule has 1 heterocycles. The number of hydrogen-bond donors (Lipinski definition) is 0. The summed E-state index contributed by atoms with van der Waals surface area (Å²) in [6.07, 6.45) is 0. The molecule has 0 unspecified atom stereocenters. The maximum Gasteiger partial charge on any atom is 0.374 e. The van der Waals surface area contributed by atoms with Crippen molar-refractivity contribution in [2.45, 2.75) is 6.92 Å². The van der Waals surface area contributed by atoms with Crippen LogP contribution in [-0.4, -0.2) is 19.2 Å². The van der Waals surface area contributed by atoms with Crippen LogP contribution >= 0.6 is 11.6 Å². The largest absolute Gasteiger partial charge is 0.490 e. The number of carbonyl (C=O) groups is 1. The fraction of sp³-hybridized carbons (Fsp3) is 0.158. The van der Waals surface area contributed by atoms with Crippen LogP contribution in [0.5, 0.6) is 5.75 Å². The van der Waals surface area contributed by atoms with Gasteiger partial charge in [-0.15, -0.1) is 0 Å². The highest BCUT2D eigenvalue weighted by atomic mass is 35.5. The molecule has 1 aromatic heterocycles. The smallest absolute Gasteiger partial charge is 0.374 e. The summed E-state index contributed by atoms with van der Waals surface area (Å²) in [5.74, 6) is -0.147. The minimum absolute atomic E-state index is 0.0372. The van der Waals surface area contributed by atoms with E-state index in [2.05, 4.69) is 0 Å². The fourth-order valence-electron chi connectivity index (χ4n) is 2.30. The summed E-state index contributed by atoms with van der Waals surface area (Å²) in [7, 11) is 0. The minimum atomic E-state index is -0.720. The normalized spacial score (nSPS) is 10.6. The van der Waals surface area contributed by atoms with E-state index in [0.29, 0.717) is 10.4 Å². The number of esters is 1. The van der Waals surface area contributed by atoms with Crippen LogP contribution in [-0.2, 0) is 4.74 Å². The van der Waals surface area contributed by atoms with E-state index in [-0.39, 0.29) is 30.0 Å². The molecule has 0 aliphatic rings. The number of ether oxygens (including phenoxy) is 2. The molecule has 0 saturated heterocycles. The standard InChI is InChI=1S/C19H15ClO5/c1-12-4-2-3-5-16(12)23-8-9-24-19(22)18-11-15(21)14-10-13(20)6-7-17(14)25-18/h2-7,10-11H,8-9H2,1H3. The van der Waals surface area contributed by atoms with Crippen LogP contribution in [0.1, 0.15) is 16.1 Å². The van der Waals surface area contributed by atoms with E-state index in [1.54, 1.807) is 6.07 Å². The van der Waals surface area contributed by atoms with Crippen LogP contribution in [0.25, 0.3) is 11.0 Å². The van der Waals surface area contributed by atoms with Crippen LogP contribution in [0.3, 0.4) is 0 Å². The van der Waals surface area contributed by atoms with Gasteiger partial charge in [-0.2, -0.15) is 0 Å². The first-order chi connectivity index (χ1) is 12.0. The first-order valence-electron chi connectivity index (χ1n) is 7.63. The Morgan fingerprint density at radius 3 is 2.72 bits per heavy atom. The van der Waals surface area contributed by atoms with Gasteiger partial charge in [-0.3, -0.25) is 4.79 Å². The lowest BCUT2D eigenvalue weighted by Crippen LogP contribution is -2.14. The van der Waals surface area contributed by atoms with Gasteiger partial charge in [0.1, 0.15) is 24.5 Å². The van der Waals surface area contributed by atoms with Gasteiger partial charge in [0.2, 0.25) is 5.76 Å². The molecule has 0 bridgehead atoms. The topological polar surface area (TPSA) is 65.7 Å². The molecule has 5 nitrogen and oxygen atoms in total. The summed E-state index contributed by atoms with van der Waals surface area (Å²) in [6.45, 7) is 2.16. The van der Waals surface area contributed by atoms with Crippen molar-refractivity contribution in [1.29, 1.82) is 0 Å². The Morgan fingerprint density at radius 1 is 1.12 bits per heavy atom. The molecule has 0 amide bonds. The highest BCUT2D eigenvalue weighted by Crippen LogP contribution is 2.18. The van der Waals surface area contributed by atoms with Crippen molar-refractivity contribution in [2.24, 2.45) is 0 Å². The van der Waals surface area contributed by atoms with Crippen LogP contribution < -0.4 is 10.2 Å². The van der Waals surface area contributed by atoms with E-state index in [1.807, 2.05) is 31.2 Å². The number of benzene rings is 2. The summed E-state index contributed by atoms with van der Waals surface area (Å²) >= 11 is 5.85. The molecule has 0 aliphatic heterocycles. The van der Waals surface area contributed by atoms with Gasteiger partial charge < -0.3 is 13.9 Å². The van der Waals surface area contributed by atoms with E-state index in [9.17, 15) is 9.59 Å². The van der Waals surface area contributed by atoms with E-state index in [1.165, 1.54) is 12.1 Å². The molecule has 0 atom stereocenters. The zero-order valence-electron chi connectivity index (χ0n) is 13.5. The molecule has 3 rings (SSSR count). The zero-order valence-corrected chi connectivity index (χ0v) is 14.2. The van der Waals surface area contributed by atoms with Crippen molar-refractivity contribution in [3.63, 3.8) is 0 Å². The number of hydrogen-bond acceptors (Lipinski definition) is 5. The van der Waals surface area contributed by atoms with Gasteiger partial charge in [0, 0.05) is 11.1 Å². The van der Waals surface area contributed by atoms with Crippen molar-refractivity contribution in [1.82, 2.24) is 0 Å². The number of carbonyl (C=O) groups excluding carboxylic acids is 1. The predicted octanol–water partition coefficient (Wildman–Crippen LogP) is 3.99. The van der Waals surface area contributed by atoms with Crippen LogP contribution in [0.4, 0.5) is 0 Å². The highest BCUT2D eigenvalue weighted by molar-refractivity contribution is 6.31. The Labute approximate surface area is 148 Å². The quantitative estimate of drug-likeness (QED) is 0.509. The van der Waals surface area contributed by atoms with Crippen molar-refractivity contribution in [2.75, 3.05) is 13.2 Å². The second-order valence-corrected chi connectivity index (χ2v) is 5.80. The Balaban J connectivity index is 1.63. The van der Waals surface area contributed by atoms with E-state index < -0.39 is 5.97 Å². The predicted molar refractivity (Wildman–Crippen MR) is 94.5 cm³/mol. The van der Waals surface area contributed by atoms with E-state index in [4.69, 9.17) is 25.5 Å². The number of rotatable bonds is 5. The monoisotopic (exact) mass is 358 g/mol. The molecule has 2 aromatic carbocycles. The third kappa shape index (κ3) is 4.00. The first kappa shape index (κ1) is 17.0. The van der Waals surface area contributed by atoms with Crippen molar-refractivity contribution < 1.29 is 18.7 Å². The Morgan fingerprint density at radius 2 is 1.92 bits per heavy atom. The van der Waals surface area contributed by atoms with Crippen LogP contribution in [0.2, 0.25) is 5.02 Å². The number of fused-ring (bicyclic) bond motifs is 1. The van der Waals surface area contributed by atoms with Gasteiger partial charge in [0.15, 0.2) is 5.43 Å². The summed E-state index contributed by atoms with van der Waals surface area (Å²) in [6, 6.07) is 13.3. The van der Waals surface area contributed by atoms with Gasteiger partial charge in [-0.05, 0) is 36.8 Å². The lowest BCUT2D eigenvalue weighted by molar-refractivity contribution is 0.0415. The lowest BCUT2D eigenvalue weighted by atomic mass is 10.2. The molecule has 0 N–H and O–H groups in total. The van der Waals surface area contributed by atoms with E-state index in [0.717, 1.165) is 17.4 Å². The molecular weight excluding hydrogens is 344 g/mol. The van der Waals surface area contributed by atoms with Crippen molar-refractivity contribution >= 4 is 28.5 Å². The molecular formula is C19H15ClO5. The number of halogens is 1. The van der Waals surface area contributed by atoms with Gasteiger partial charge in [-0.1, -0.05) is 29.8 Å². The number of para-hydroxylation sites is 1. The SMILES string of the molecule is Cc1ccccc1OCCOC(=O)c1cc(=O)c2cc(Cl)ccc2o1. The minimum Gasteiger partial charge on any atom is -0.490 e. The fourth-order valence-corrected chi connectivity index (χ4v) is 2.48. The second kappa shape index (κ2) is 7.40. The summed E-state index contributed by atoms with van der Waals surface area (Å²) in [5, 5.41) is 0.732. The highest BCUT2D eigenvalue weighted by Gasteiger charge is 2.14. The third-order valence-electron chi connectivity index (χ3n) is 3.56. The Hall–Kier alpha value is -2.79. The van der Waals surface area contributed by atoms with Crippen molar-refractivity contribution in [3.8, 4) is 5.75 Å². The van der Waals surface area contributed by atoms with Crippen LogP contribution in [0, 0.1) is 6.92 Å². The first-order valence-corrected chi connectivity index (χ1v) is 8.01. The third-order valence-corrected chi connectivity index (χ3v) is 3.79. The molecule has 3 aromatic rings. The molecule has 6 heteroatoms. The Kier molecular flexibility index (Phi) is 5.05. The molecule has 0 fully saturated rings. The summed E-state index contributed by atoms with van der Waals surface area (Å²) < 4.78 is 16.1.